The van der Waals surface area contributed by atoms with Crippen molar-refractivity contribution in [1.82, 2.24) is 0 Å². The van der Waals surface area contributed by atoms with Gasteiger partial charge in [-0.15, -0.1) is 0 Å². The monoisotopic (exact) mass is 304 g/mol. The zero-order valence-corrected chi connectivity index (χ0v) is 11.5. The number of carbonyl (C=O) groups is 1. The molecule has 1 aromatic carbocycles. The van der Waals surface area contributed by atoms with E-state index in [9.17, 15) is 18.0 Å². The smallest absolute Gasteiger partial charge is 0.414 e. The summed E-state index contributed by atoms with van der Waals surface area (Å²) in [7, 11) is 1.41. The van der Waals surface area contributed by atoms with E-state index in [0.717, 1.165) is 13.0 Å². The van der Waals surface area contributed by atoms with E-state index >= 15 is 0 Å². The molecule has 0 aliphatic carbocycles. The van der Waals surface area contributed by atoms with Gasteiger partial charge in [0.15, 0.2) is 6.10 Å². The summed E-state index contributed by atoms with van der Waals surface area (Å²) in [6.07, 6.45) is -4.07. The zero-order valence-electron chi connectivity index (χ0n) is 11.5. The largest absolute Gasteiger partial charge is 0.496 e. The second-order valence-electron chi connectivity index (χ2n) is 4.24. The van der Waals surface area contributed by atoms with Crippen molar-refractivity contribution in [2.75, 3.05) is 7.11 Å². The molecule has 0 saturated carbocycles. The lowest BCUT2D eigenvalue weighted by Crippen LogP contribution is -2.28. The van der Waals surface area contributed by atoms with E-state index in [1.807, 2.05) is 0 Å². The fourth-order valence-electron chi connectivity index (χ4n) is 1.48. The van der Waals surface area contributed by atoms with Gasteiger partial charge in [0.1, 0.15) is 5.75 Å². The van der Waals surface area contributed by atoms with Gasteiger partial charge in [-0.2, -0.15) is 13.2 Å². The van der Waals surface area contributed by atoms with Crippen LogP contribution in [-0.4, -0.2) is 30.5 Å². The third-order valence-electron chi connectivity index (χ3n) is 2.66. The summed E-state index contributed by atoms with van der Waals surface area (Å²) in [5, 5.41) is 8.60. The highest BCUT2D eigenvalue weighted by Crippen LogP contribution is 2.25. The fourth-order valence-corrected chi connectivity index (χ4v) is 1.48. The molecule has 0 saturated heterocycles. The molecular formula is C14H15F3O4. The molecule has 7 heteroatoms. The Morgan fingerprint density at radius 2 is 2.10 bits per heavy atom. The number of benzene rings is 1. The van der Waals surface area contributed by atoms with Crippen molar-refractivity contribution in [1.29, 1.82) is 0 Å². The van der Waals surface area contributed by atoms with E-state index in [1.165, 1.54) is 19.3 Å². The predicted molar refractivity (Wildman–Crippen MR) is 70.0 cm³/mol. The average Bonchev–Trinajstić information content (AvgIpc) is 2.41. The van der Waals surface area contributed by atoms with Crippen LogP contribution < -0.4 is 4.74 Å². The quantitative estimate of drug-likeness (QED) is 0.820. The molecular weight excluding hydrogens is 289 g/mol. The molecule has 0 fully saturated rings. The summed E-state index contributed by atoms with van der Waals surface area (Å²) in [4.78, 5) is 10.5. The minimum atomic E-state index is -4.42. The molecule has 0 spiro atoms. The molecule has 21 heavy (non-hydrogen) atoms. The summed E-state index contributed by atoms with van der Waals surface area (Å²) in [5.74, 6) is -0.718. The van der Waals surface area contributed by atoms with Crippen LogP contribution in [0.25, 0.3) is 6.08 Å². The van der Waals surface area contributed by atoms with E-state index in [2.05, 4.69) is 0 Å². The first kappa shape index (κ1) is 17.0. The molecule has 0 aliphatic heterocycles. The highest BCUT2D eigenvalue weighted by Gasteiger charge is 2.36. The number of hydrogen-bond acceptors (Lipinski definition) is 3. The average molecular weight is 304 g/mol. The summed E-state index contributed by atoms with van der Waals surface area (Å²) >= 11 is 0. The van der Waals surface area contributed by atoms with Crippen molar-refractivity contribution in [3.8, 4) is 5.75 Å². The van der Waals surface area contributed by atoms with Crippen LogP contribution in [0.1, 0.15) is 18.1 Å². The Balaban J connectivity index is 2.85. The Hall–Kier alpha value is -2.02. The summed E-state index contributed by atoms with van der Waals surface area (Å²) in [5.41, 5.74) is 0.928. The highest BCUT2D eigenvalue weighted by atomic mass is 19.4. The number of halogens is 3. The molecule has 0 radical (unpaired) electrons. The van der Waals surface area contributed by atoms with Crippen LogP contribution in [0.2, 0.25) is 0 Å². The first-order valence-corrected chi connectivity index (χ1v) is 6.00. The van der Waals surface area contributed by atoms with Crippen molar-refractivity contribution in [3.05, 3.63) is 35.4 Å². The van der Waals surface area contributed by atoms with Crippen molar-refractivity contribution in [2.24, 2.45) is 0 Å². The second-order valence-corrected chi connectivity index (χ2v) is 4.24. The normalized spacial score (nSPS) is 13.4. The lowest BCUT2D eigenvalue weighted by atomic mass is 10.1. The van der Waals surface area contributed by atoms with Crippen molar-refractivity contribution in [2.45, 2.75) is 25.8 Å². The molecule has 1 aromatic rings. The number of ether oxygens (including phenoxy) is 2. The molecule has 1 unspecified atom stereocenters. The first-order chi connectivity index (χ1) is 9.74. The Morgan fingerprint density at radius 1 is 1.43 bits per heavy atom. The molecule has 0 bridgehead atoms. The minimum absolute atomic E-state index is 0.238. The van der Waals surface area contributed by atoms with Gasteiger partial charge in [-0.3, -0.25) is 0 Å². The van der Waals surface area contributed by atoms with Crippen LogP contribution in [0.4, 0.5) is 13.2 Å². The minimum Gasteiger partial charge on any atom is -0.496 e. The zero-order chi connectivity index (χ0) is 16.0. The Bertz CT molecular complexity index is 523. The molecule has 1 atom stereocenters. The van der Waals surface area contributed by atoms with E-state index in [0.29, 0.717) is 16.9 Å². The maximum atomic E-state index is 12.3. The number of rotatable bonds is 6. The van der Waals surface area contributed by atoms with Crippen LogP contribution in [-0.2, 0) is 16.1 Å². The highest BCUT2D eigenvalue weighted by molar-refractivity contribution is 5.85. The maximum Gasteiger partial charge on any atom is 0.414 e. The lowest BCUT2D eigenvalue weighted by Gasteiger charge is -2.16. The lowest BCUT2D eigenvalue weighted by molar-refractivity contribution is -0.217. The summed E-state index contributed by atoms with van der Waals surface area (Å²) in [6.45, 7) is 0.688. The standard InChI is InChI=1S/C14H15F3O4/c1-9(14(15,16)17)21-8-10-3-5-12(20-2)11(7-10)4-6-13(18)19/h3-7,9H,8H2,1-2H3,(H,18,19). The van der Waals surface area contributed by atoms with Gasteiger partial charge in [0, 0.05) is 11.6 Å². The van der Waals surface area contributed by atoms with E-state index in [-0.39, 0.29) is 6.61 Å². The van der Waals surface area contributed by atoms with Crippen molar-refractivity contribution < 1.29 is 32.5 Å². The molecule has 0 amide bonds. The molecule has 4 nitrogen and oxygen atoms in total. The van der Waals surface area contributed by atoms with E-state index in [1.54, 1.807) is 12.1 Å². The molecule has 1 rings (SSSR count). The number of aliphatic carboxylic acids is 1. The van der Waals surface area contributed by atoms with Gasteiger partial charge in [0.2, 0.25) is 0 Å². The molecule has 0 heterocycles. The fraction of sp³-hybridized carbons (Fsp3) is 0.357. The molecule has 116 valence electrons. The maximum absolute atomic E-state index is 12.3. The SMILES string of the molecule is COc1ccc(COC(C)C(F)(F)F)cc1C=CC(=O)O. The number of hydrogen-bond donors (Lipinski definition) is 1. The topological polar surface area (TPSA) is 55.8 Å². The van der Waals surface area contributed by atoms with Gasteiger partial charge in [0.05, 0.1) is 13.7 Å². The number of carboxylic acid groups (broad SMARTS) is 1. The third-order valence-corrected chi connectivity index (χ3v) is 2.66. The molecule has 0 aliphatic rings. The van der Waals surface area contributed by atoms with Gasteiger partial charge < -0.3 is 14.6 Å². The molecule has 0 aromatic heterocycles. The van der Waals surface area contributed by atoms with Crippen LogP contribution >= 0.6 is 0 Å². The number of methoxy groups -OCH3 is 1. The summed E-state index contributed by atoms with van der Waals surface area (Å²) < 4.78 is 46.8. The van der Waals surface area contributed by atoms with Crippen molar-refractivity contribution >= 4 is 12.0 Å². The van der Waals surface area contributed by atoms with Crippen LogP contribution in [0.3, 0.4) is 0 Å². The first-order valence-electron chi connectivity index (χ1n) is 6.00. The van der Waals surface area contributed by atoms with Gasteiger partial charge >= 0.3 is 12.1 Å². The predicted octanol–water partition coefficient (Wildman–Crippen LogP) is 3.26. The van der Waals surface area contributed by atoms with Gasteiger partial charge in [-0.1, -0.05) is 6.07 Å². The second kappa shape index (κ2) is 7.12. The summed E-state index contributed by atoms with van der Waals surface area (Å²) in [6, 6.07) is 4.61. The van der Waals surface area contributed by atoms with Crippen LogP contribution in [0, 0.1) is 0 Å². The Labute approximate surface area is 119 Å². The van der Waals surface area contributed by atoms with Gasteiger partial charge in [-0.05, 0) is 30.7 Å². The molecule has 1 N–H and O–H groups in total. The van der Waals surface area contributed by atoms with Crippen LogP contribution in [0.15, 0.2) is 24.3 Å². The number of carboxylic acids is 1. The van der Waals surface area contributed by atoms with Crippen LogP contribution in [0.5, 0.6) is 5.75 Å². The van der Waals surface area contributed by atoms with Gasteiger partial charge in [0.25, 0.3) is 0 Å². The number of alkyl halides is 3. The Kier molecular flexibility index (Phi) is 5.78. The van der Waals surface area contributed by atoms with E-state index in [4.69, 9.17) is 14.6 Å². The van der Waals surface area contributed by atoms with E-state index < -0.39 is 18.2 Å². The third kappa shape index (κ3) is 5.47. The van der Waals surface area contributed by atoms with Gasteiger partial charge in [-0.25, -0.2) is 4.79 Å². The Morgan fingerprint density at radius 3 is 2.62 bits per heavy atom. The van der Waals surface area contributed by atoms with Crippen molar-refractivity contribution in [3.63, 3.8) is 0 Å².